The largest absolute Gasteiger partial charge is 0.390 e. The van der Waals surface area contributed by atoms with Gasteiger partial charge in [-0.15, -0.1) is 0 Å². The third-order valence-corrected chi connectivity index (χ3v) is 4.60. The topological polar surface area (TPSA) is 84.2 Å². The van der Waals surface area contributed by atoms with Gasteiger partial charge in [0.05, 0.1) is 12.3 Å². The third kappa shape index (κ3) is 2.54. The molecule has 0 spiro atoms. The number of aliphatic hydroxyl groups is 1. The monoisotopic (exact) mass is 293 g/mol. The van der Waals surface area contributed by atoms with Crippen molar-refractivity contribution < 1.29 is 13.5 Å². The Morgan fingerprint density at radius 3 is 2.65 bits per heavy atom. The molecule has 7 heteroatoms. The minimum atomic E-state index is -3.64. The first-order valence-corrected chi connectivity index (χ1v) is 7.83. The van der Waals surface area contributed by atoms with Crippen LogP contribution in [0, 0.1) is 0 Å². The molecule has 106 valence electrons. The molecule has 0 unspecified atom stereocenters. The summed E-state index contributed by atoms with van der Waals surface area (Å²) in [7, 11) is -3.64. The number of nitrogens with one attached hydrogen (secondary N) is 1. The van der Waals surface area contributed by atoms with Crippen molar-refractivity contribution in [1.82, 2.24) is 9.55 Å². The van der Waals surface area contributed by atoms with Gasteiger partial charge in [0.1, 0.15) is 4.90 Å². The van der Waals surface area contributed by atoms with Gasteiger partial charge in [-0.3, -0.25) is 9.71 Å². The summed E-state index contributed by atoms with van der Waals surface area (Å²) in [5.74, 6) is 0. The van der Waals surface area contributed by atoms with Crippen LogP contribution in [-0.4, -0.2) is 23.1 Å². The number of sulfonamides is 1. The maximum Gasteiger partial charge on any atom is 0.263 e. The van der Waals surface area contributed by atoms with Gasteiger partial charge in [-0.05, 0) is 31.0 Å². The number of anilines is 1. The van der Waals surface area contributed by atoms with E-state index in [0.717, 1.165) is 12.8 Å². The number of aliphatic hydroxyl groups excluding tert-OH is 1. The van der Waals surface area contributed by atoms with Crippen molar-refractivity contribution in [3.05, 3.63) is 42.5 Å². The number of aromatic nitrogens is 2. The molecule has 0 aromatic carbocycles. The van der Waals surface area contributed by atoms with Gasteiger partial charge < -0.3 is 9.67 Å². The van der Waals surface area contributed by atoms with E-state index in [1.54, 1.807) is 18.3 Å². The Hall–Kier alpha value is -1.86. The molecule has 0 aliphatic heterocycles. The first kappa shape index (κ1) is 13.1. The van der Waals surface area contributed by atoms with E-state index in [-0.39, 0.29) is 11.5 Å². The predicted octanol–water partition coefficient (Wildman–Crippen LogP) is 1.51. The van der Waals surface area contributed by atoms with Crippen molar-refractivity contribution >= 4 is 15.7 Å². The molecule has 3 rings (SSSR count). The fourth-order valence-corrected chi connectivity index (χ4v) is 3.20. The normalized spacial score (nSPS) is 15.2. The van der Waals surface area contributed by atoms with Crippen LogP contribution in [0.15, 0.2) is 41.7 Å². The standard InChI is InChI=1S/C13H15N3O3S/c17-9-12-7-13(8-16(12)11-1-2-11)20(18,19)15-10-3-5-14-6-4-10/h3-8,11,17H,1-2,9H2,(H,14,15). The van der Waals surface area contributed by atoms with Crippen molar-refractivity contribution in [1.29, 1.82) is 0 Å². The maximum absolute atomic E-state index is 12.3. The van der Waals surface area contributed by atoms with E-state index in [2.05, 4.69) is 9.71 Å². The van der Waals surface area contributed by atoms with Crippen LogP contribution in [0.4, 0.5) is 5.69 Å². The van der Waals surface area contributed by atoms with Crippen molar-refractivity contribution in [2.45, 2.75) is 30.4 Å². The van der Waals surface area contributed by atoms with Crippen LogP contribution >= 0.6 is 0 Å². The molecule has 2 aromatic heterocycles. The number of nitrogens with zero attached hydrogens (tertiary/aromatic N) is 2. The second-order valence-electron chi connectivity index (χ2n) is 4.81. The SMILES string of the molecule is O=S(=O)(Nc1ccncc1)c1cc(CO)n(C2CC2)c1. The van der Waals surface area contributed by atoms with E-state index < -0.39 is 10.0 Å². The summed E-state index contributed by atoms with van der Waals surface area (Å²) in [6.45, 7) is -0.165. The molecule has 1 aliphatic carbocycles. The maximum atomic E-state index is 12.3. The van der Waals surface area contributed by atoms with Gasteiger partial charge in [-0.25, -0.2) is 8.42 Å². The van der Waals surface area contributed by atoms with Crippen LogP contribution in [-0.2, 0) is 16.6 Å². The van der Waals surface area contributed by atoms with Crippen LogP contribution in [0.1, 0.15) is 24.6 Å². The molecule has 20 heavy (non-hydrogen) atoms. The van der Waals surface area contributed by atoms with Crippen molar-refractivity contribution in [3.8, 4) is 0 Å². The predicted molar refractivity (Wildman–Crippen MR) is 73.7 cm³/mol. The summed E-state index contributed by atoms with van der Waals surface area (Å²) < 4.78 is 28.9. The smallest absolute Gasteiger partial charge is 0.263 e. The van der Waals surface area contributed by atoms with Gasteiger partial charge in [0.15, 0.2) is 0 Å². The van der Waals surface area contributed by atoms with E-state index in [1.165, 1.54) is 18.5 Å². The average Bonchev–Trinajstić information content (AvgIpc) is 3.18. The summed E-state index contributed by atoms with van der Waals surface area (Å²) in [4.78, 5) is 4.01. The van der Waals surface area contributed by atoms with Gasteiger partial charge in [0, 0.05) is 30.3 Å². The lowest BCUT2D eigenvalue weighted by Crippen LogP contribution is -2.12. The van der Waals surface area contributed by atoms with Crippen LogP contribution in [0.2, 0.25) is 0 Å². The Morgan fingerprint density at radius 1 is 1.35 bits per heavy atom. The molecule has 1 fully saturated rings. The molecule has 0 saturated heterocycles. The highest BCUT2D eigenvalue weighted by atomic mass is 32.2. The lowest BCUT2D eigenvalue weighted by atomic mass is 10.4. The summed E-state index contributed by atoms with van der Waals surface area (Å²) in [6.07, 6.45) is 6.68. The third-order valence-electron chi connectivity index (χ3n) is 3.25. The van der Waals surface area contributed by atoms with Crippen LogP contribution in [0.5, 0.6) is 0 Å². The fraction of sp³-hybridized carbons (Fsp3) is 0.308. The van der Waals surface area contributed by atoms with Crippen LogP contribution in [0.25, 0.3) is 0 Å². The van der Waals surface area contributed by atoms with E-state index in [4.69, 9.17) is 0 Å². The average molecular weight is 293 g/mol. The summed E-state index contributed by atoms with van der Waals surface area (Å²) >= 11 is 0. The number of rotatable bonds is 5. The zero-order valence-corrected chi connectivity index (χ0v) is 11.5. The van der Waals surface area contributed by atoms with Gasteiger partial charge in [0.25, 0.3) is 10.0 Å². The molecule has 1 saturated carbocycles. The van der Waals surface area contributed by atoms with Crippen molar-refractivity contribution in [2.24, 2.45) is 0 Å². The second-order valence-corrected chi connectivity index (χ2v) is 6.49. The first-order chi connectivity index (χ1) is 9.60. The molecule has 6 nitrogen and oxygen atoms in total. The molecule has 0 amide bonds. The van der Waals surface area contributed by atoms with E-state index in [0.29, 0.717) is 17.4 Å². The zero-order chi connectivity index (χ0) is 14.2. The summed E-state index contributed by atoms with van der Waals surface area (Å²) in [5, 5.41) is 9.32. The Kier molecular flexibility index (Phi) is 3.23. The molecule has 0 atom stereocenters. The molecule has 2 N–H and O–H groups in total. The molecule has 2 aromatic rings. The minimum absolute atomic E-state index is 0.165. The zero-order valence-electron chi connectivity index (χ0n) is 10.7. The van der Waals surface area contributed by atoms with Crippen LogP contribution < -0.4 is 4.72 Å². The Labute approximate surface area is 117 Å². The highest BCUT2D eigenvalue weighted by Crippen LogP contribution is 2.37. The summed E-state index contributed by atoms with van der Waals surface area (Å²) in [5.41, 5.74) is 1.09. The lowest BCUT2D eigenvalue weighted by Gasteiger charge is -2.05. The number of hydrogen-bond donors (Lipinski definition) is 2. The molecule has 2 heterocycles. The van der Waals surface area contributed by atoms with E-state index in [1.807, 2.05) is 4.57 Å². The van der Waals surface area contributed by atoms with Gasteiger partial charge in [-0.1, -0.05) is 0 Å². The quantitative estimate of drug-likeness (QED) is 0.875. The Balaban J connectivity index is 1.91. The fourth-order valence-electron chi connectivity index (χ4n) is 2.10. The Morgan fingerprint density at radius 2 is 2.05 bits per heavy atom. The summed E-state index contributed by atoms with van der Waals surface area (Å²) in [6, 6.07) is 5.01. The molecule has 1 aliphatic rings. The molecular formula is C13H15N3O3S. The number of hydrogen-bond acceptors (Lipinski definition) is 4. The lowest BCUT2D eigenvalue weighted by molar-refractivity contribution is 0.270. The highest BCUT2D eigenvalue weighted by Gasteiger charge is 2.28. The second kappa shape index (κ2) is 4.92. The van der Waals surface area contributed by atoms with E-state index in [9.17, 15) is 13.5 Å². The van der Waals surface area contributed by atoms with Crippen molar-refractivity contribution in [2.75, 3.05) is 4.72 Å². The van der Waals surface area contributed by atoms with Gasteiger partial charge in [-0.2, -0.15) is 0 Å². The highest BCUT2D eigenvalue weighted by molar-refractivity contribution is 7.92. The number of pyridine rings is 1. The van der Waals surface area contributed by atoms with E-state index >= 15 is 0 Å². The van der Waals surface area contributed by atoms with Gasteiger partial charge in [0.2, 0.25) is 0 Å². The van der Waals surface area contributed by atoms with Gasteiger partial charge >= 0.3 is 0 Å². The van der Waals surface area contributed by atoms with Crippen molar-refractivity contribution in [3.63, 3.8) is 0 Å². The molecule has 0 radical (unpaired) electrons. The molecule has 0 bridgehead atoms. The first-order valence-electron chi connectivity index (χ1n) is 6.34. The Bertz CT molecular complexity index is 706. The molecular weight excluding hydrogens is 278 g/mol. The van der Waals surface area contributed by atoms with Crippen LogP contribution in [0.3, 0.4) is 0 Å². The minimum Gasteiger partial charge on any atom is -0.390 e.